The van der Waals surface area contributed by atoms with Gasteiger partial charge in [0.25, 0.3) is 10.0 Å². The molecule has 0 fully saturated rings. The number of nitrogens with one attached hydrogen (secondary N) is 1. The summed E-state index contributed by atoms with van der Waals surface area (Å²) in [5, 5.41) is 11.3. The van der Waals surface area contributed by atoms with Crippen molar-refractivity contribution in [3.63, 3.8) is 0 Å². The van der Waals surface area contributed by atoms with Gasteiger partial charge in [-0.05, 0) is 6.42 Å². The van der Waals surface area contributed by atoms with Crippen LogP contribution in [0.1, 0.15) is 34.9 Å². The molecule has 0 spiro atoms. The predicted molar refractivity (Wildman–Crippen MR) is 74.5 cm³/mol. The van der Waals surface area contributed by atoms with Crippen molar-refractivity contribution in [2.45, 2.75) is 23.6 Å². The summed E-state index contributed by atoms with van der Waals surface area (Å²) in [6, 6.07) is -0.483. The van der Waals surface area contributed by atoms with Gasteiger partial charge in [0.1, 0.15) is 5.01 Å². The second-order valence-electron chi connectivity index (χ2n) is 3.75. The molecule has 2 heterocycles. The van der Waals surface area contributed by atoms with Gasteiger partial charge in [-0.3, -0.25) is 0 Å². The second kappa shape index (κ2) is 5.95. The van der Waals surface area contributed by atoms with E-state index in [0.717, 1.165) is 11.3 Å². The van der Waals surface area contributed by atoms with Crippen molar-refractivity contribution in [3.05, 3.63) is 27.8 Å². The van der Waals surface area contributed by atoms with Crippen LogP contribution in [0.4, 0.5) is 0 Å². The molecule has 0 aliphatic rings. The number of carbonyl (C=O) groups is 1. The van der Waals surface area contributed by atoms with Crippen molar-refractivity contribution in [1.29, 1.82) is 0 Å². The van der Waals surface area contributed by atoms with Gasteiger partial charge in [0, 0.05) is 11.6 Å². The quantitative estimate of drug-likeness (QED) is 0.833. The summed E-state index contributed by atoms with van der Waals surface area (Å²) in [4.78, 5) is 18.6. The molecule has 2 N–H and O–H groups in total. The van der Waals surface area contributed by atoms with E-state index < -0.39 is 27.7 Å². The van der Waals surface area contributed by atoms with Crippen LogP contribution in [0.25, 0.3) is 0 Å². The van der Waals surface area contributed by atoms with E-state index in [9.17, 15) is 13.2 Å². The zero-order chi connectivity index (χ0) is 14.8. The number of thiazole rings is 2. The number of sulfonamides is 1. The highest BCUT2D eigenvalue weighted by Crippen LogP contribution is 2.25. The molecule has 0 saturated heterocycles. The van der Waals surface area contributed by atoms with Gasteiger partial charge >= 0.3 is 5.97 Å². The minimum Gasteiger partial charge on any atom is -0.476 e. The van der Waals surface area contributed by atoms with Crippen LogP contribution in [0.2, 0.25) is 0 Å². The van der Waals surface area contributed by atoms with Crippen LogP contribution in [0, 0.1) is 0 Å². The molecule has 0 aliphatic heterocycles. The Kier molecular flexibility index (Phi) is 4.48. The molecular weight excluding hydrogens is 322 g/mol. The van der Waals surface area contributed by atoms with Crippen LogP contribution in [-0.4, -0.2) is 29.5 Å². The van der Waals surface area contributed by atoms with Gasteiger partial charge in [-0.25, -0.2) is 27.9 Å². The third-order valence-corrected chi connectivity index (χ3v) is 6.17. The predicted octanol–water partition coefficient (Wildman–Crippen LogP) is 1.73. The molecule has 1 atom stereocenters. The number of aromatic carboxylic acids is 1. The highest BCUT2D eigenvalue weighted by Gasteiger charge is 2.28. The molecule has 0 aromatic carbocycles. The van der Waals surface area contributed by atoms with Crippen LogP contribution >= 0.6 is 22.7 Å². The van der Waals surface area contributed by atoms with E-state index in [-0.39, 0.29) is 4.21 Å². The Balaban J connectivity index is 2.31. The Bertz CT molecular complexity index is 693. The molecule has 108 valence electrons. The zero-order valence-corrected chi connectivity index (χ0v) is 12.8. The van der Waals surface area contributed by atoms with E-state index >= 15 is 0 Å². The average Bonchev–Trinajstić information content (AvgIpc) is 3.06. The lowest BCUT2D eigenvalue weighted by Gasteiger charge is -2.13. The van der Waals surface area contributed by atoms with Crippen LogP contribution in [0.3, 0.4) is 0 Å². The van der Waals surface area contributed by atoms with Gasteiger partial charge in [0.2, 0.25) is 0 Å². The standard InChI is InChI=1S/C10H11N3O4S3/c1-2-6(8-11-3-4-18-8)13-20(16,17)10-7(9(14)15)12-5-19-10/h3-6,13H,2H2,1H3,(H,14,15). The monoisotopic (exact) mass is 333 g/mol. The van der Waals surface area contributed by atoms with E-state index in [0.29, 0.717) is 11.4 Å². The Hall–Kier alpha value is -1.36. The number of carboxylic acids is 1. The highest BCUT2D eigenvalue weighted by molar-refractivity contribution is 7.91. The van der Waals surface area contributed by atoms with Gasteiger partial charge in [0.15, 0.2) is 9.90 Å². The van der Waals surface area contributed by atoms with Gasteiger partial charge < -0.3 is 5.11 Å². The van der Waals surface area contributed by atoms with E-state index in [2.05, 4.69) is 14.7 Å². The van der Waals surface area contributed by atoms with E-state index in [1.165, 1.54) is 16.8 Å². The first-order valence-corrected chi connectivity index (χ1v) is 8.78. The Morgan fingerprint density at radius 1 is 1.45 bits per heavy atom. The maximum absolute atomic E-state index is 12.3. The van der Waals surface area contributed by atoms with E-state index in [4.69, 9.17) is 5.11 Å². The fourth-order valence-corrected chi connectivity index (χ4v) is 4.81. The van der Waals surface area contributed by atoms with Gasteiger partial charge in [-0.2, -0.15) is 0 Å². The molecule has 1 unspecified atom stereocenters. The molecule has 20 heavy (non-hydrogen) atoms. The molecule has 2 aromatic rings. The Morgan fingerprint density at radius 2 is 2.20 bits per heavy atom. The lowest BCUT2D eigenvalue weighted by molar-refractivity contribution is 0.0687. The summed E-state index contributed by atoms with van der Waals surface area (Å²) in [6.07, 6.45) is 2.10. The number of aromatic nitrogens is 2. The minimum atomic E-state index is -3.94. The molecule has 2 rings (SSSR count). The molecule has 0 bridgehead atoms. The van der Waals surface area contributed by atoms with Crippen molar-refractivity contribution in [3.8, 4) is 0 Å². The number of hydrogen-bond donors (Lipinski definition) is 2. The minimum absolute atomic E-state index is 0.292. The largest absolute Gasteiger partial charge is 0.476 e. The summed E-state index contributed by atoms with van der Waals surface area (Å²) >= 11 is 2.11. The maximum Gasteiger partial charge on any atom is 0.356 e. The molecule has 0 radical (unpaired) electrons. The number of nitrogens with zero attached hydrogens (tertiary/aromatic N) is 2. The average molecular weight is 333 g/mol. The zero-order valence-electron chi connectivity index (χ0n) is 10.3. The molecule has 2 aromatic heterocycles. The van der Waals surface area contributed by atoms with Gasteiger partial charge in [-0.15, -0.1) is 22.7 Å². The second-order valence-corrected chi connectivity index (χ2v) is 7.44. The molecule has 10 heteroatoms. The van der Waals surface area contributed by atoms with Crippen molar-refractivity contribution in [2.24, 2.45) is 0 Å². The maximum atomic E-state index is 12.3. The summed E-state index contributed by atoms with van der Waals surface area (Å²) in [5.41, 5.74) is 0.735. The SMILES string of the molecule is CCC(NS(=O)(=O)c1scnc1C(=O)O)c1nccs1. The fourth-order valence-electron chi connectivity index (χ4n) is 1.52. The fraction of sp³-hybridized carbons (Fsp3) is 0.300. The van der Waals surface area contributed by atoms with Crippen molar-refractivity contribution in [1.82, 2.24) is 14.7 Å². The normalized spacial score (nSPS) is 13.2. The van der Waals surface area contributed by atoms with Crippen LogP contribution in [0.5, 0.6) is 0 Å². The molecule has 0 aliphatic carbocycles. The van der Waals surface area contributed by atoms with Crippen molar-refractivity contribution in [2.75, 3.05) is 0 Å². The lowest BCUT2D eigenvalue weighted by Crippen LogP contribution is -2.28. The summed E-state index contributed by atoms with van der Waals surface area (Å²) < 4.78 is 26.7. The van der Waals surface area contributed by atoms with E-state index in [1.807, 2.05) is 6.92 Å². The van der Waals surface area contributed by atoms with Crippen molar-refractivity contribution < 1.29 is 18.3 Å². The summed E-state index contributed by atoms with van der Waals surface area (Å²) in [6.45, 7) is 1.82. The van der Waals surface area contributed by atoms with Gasteiger partial charge in [-0.1, -0.05) is 6.92 Å². The first-order valence-electron chi connectivity index (χ1n) is 5.54. The molecule has 0 saturated carbocycles. The molecule has 0 amide bonds. The van der Waals surface area contributed by atoms with Crippen molar-refractivity contribution >= 4 is 38.7 Å². The lowest BCUT2D eigenvalue weighted by atomic mass is 10.3. The third-order valence-electron chi connectivity index (χ3n) is 2.44. The number of rotatable bonds is 6. The molecular formula is C10H11N3O4S3. The van der Waals surface area contributed by atoms with Crippen LogP contribution in [-0.2, 0) is 10.0 Å². The van der Waals surface area contributed by atoms with Crippen LogP contribution < -0.4 is 4.72 Å². The highest BCUT2D eigenvalue weighted by atomic mass is 32.2. The third kappa shape index (κ3) is 3.03. The number of hydrogen-bond acceptors (Lipinski definition) is 7. The first kappa shape index (κ1) is 15.0. The first-order chi connectivity index (χ1) is 9.45. The smallest absolute Gasteiger partial charge is 0.356 e. The summed E-state index contributed by atoms with van der Waals surface area (Å²) in [7, 11) is -3.94. The van der Waals surface area contributed by atoms with Gasteiger partial charge in [0.05, 0.1) is 11.6 Å². The number of carboxylic acid groups (broad SMARTS) is 1. The Labute approximate surface area is 123 Å². The van der Waals surface area contributed by atoms with Crippen LogP contribution in [0.15, 0.2) is 21.3 Å². The van der Waals surface area contributed by atoms with E-state index in [1.54, 1.807) is 11.6 Å². The molecule has 7 nitrogen and oxygen atoms in total. The Morgan fingerprint density at radius 3 is 2.75 bits per heavy atom. The summed E-state index contributed by atoms with van der Waals surface area (Å²) in [5.74, 6) is -1.37. The topological polar surface area (TPSA) is 109 Å².